The molecule has 0 aliphatic carbocycles. The van der Waals surface area contributed by atoms with Gasteiger partial charge in [0.15, 0.2) is 0 Å². The summed E-state index contributed by atoms with van der Waals surface area (Å²) in [6, 6.07) is 6.44. The minimum atomic E-state index is -0.380. The Bertz CT molecular complexity index is 433. The van der Waals surface area contributed by atoms with Crippen molar-refractivity contribution < 1.29 is 9.59 Å². The highest BCUT2D eigenvalue weighted by Crippen LogP contribution is 2.09. The summed E-state index contributed by atoms with van der Waals surface area (Å²) < 4.78 is 0. The highest BCUT2D eigenvalue weighted by Gasteiger charge is 2.25. The van der Waals surface area contributed by atoms with Crippen LogP contribution in [-0.2, 0) is 6.54 Å². The Morgan fingerprint density at radius 2 is 2.12 bits per heavy atom. The summed E-state index contributed by atoms with van der Waals surface area (Å²) in [7, 11) is 0. The van der Waals surface area contributed by atoms with Crippen LogP contribution in [0.3, 0.4) is 0 Å². The molecule has 90 valence electrons. The number of benzene rings is 1. The Labute approximate surface area is 104 Å². The van der Waals surface area contributed by atoms with E-state index in [1.165, 1.54) is 0 Å². The van der Waals surface area contributed by atoms with E-state index in [2.05, 4.69) is 10.6 Å². The second-order valence-corrected chi connectivity index (χ2v) is 4.11. The average molecular weight is 254 g/mol. The molecule has 1 aliphatic heterocycles. The van der Waals surface area contributed by atoms with Crippen LogP contribution in [0.1, 0.15) is 5.56 Å². The molecule has 6 heteroatoms. The normalized spacial score (nSPS) is 14.6. The lowest BCUT2D eigenvalue weighted by atomic mass is 10.2. The molecule has 4 amide bonds. The monoisotopic (exact) mass is 253 g/mol. The molecule has 0 atom stereocenters. The van der Waals surface area contributed by atoms with E-state index in [9.17, 15) is 9.59 Å². The van der Waals surface area contributed by atoms with Crippen molar-refractivity contribution in [1.29, 1.82) is 0 Å². The van der Waals surface area contributed by atoms with Crippen LogP contribution in [0, 0.1) is 0 Å². The maximum atomic E-state index is 11.6. The number of imide groups is 1. The molecule has 0 bridgehead atoms. The van der Waals surface area contributed by atoms with Crippen LogP contribution >= 0.6 is 11.6 Å². The number of hydrogen-bond donors (Lipinski definition) is 2. The predicted molar refractivity (Wildman–Crippen MR) is 63.8 cm³/mol. The highest BCUT2D eigenvalue weighted by molar-refractivity contribution is 6.30. The predicted octanol–water partition coefficient (Wildman–Crippen LogP) is 1.57. The van der Waals surface area contributed by atoms with Crippen LogP contribution in [0.25, 0.3) is 0 Å². The van der Waals surface area contributed by atoms with Gasteiger partial charge in [-0.2, -0.15) is 0 Å². The van der Waals surface area contributed by atoms with E-state index in [1.807, 2.05) is 12.1 Å². The molecule has 0 saturated carbocycles. The Balaban J connectivity index is 1.87. The Hall–Kier alpha value is -1.75. The zero-order chi connectivity index (χ0) is 12.3. The van der Waals surface area contributed by atoms with Crippen molar-refractivity contribution in [1.82, 2.24) is 15.5 Å². The molecular formula is C11H12ClN3O2. The summed E-state index contributed by atoms with van der Waals surface area (Å²) in [6.07, 6.45) is 0. The van der Waals surface area contributed by atoms with Gasteiger partial charge in [0.25, 0.3) is 0 Å². The van der Waals surface area contributed by atoms with Gasteiger partial charge >= 0.3 is 12.1 Å². The number of nitrogens with one attached hydrogen (secondary N) is 2. The molecule has 0 unspecified atom stereocenters. The van der Waals surface area contributed by atoms with Gasteiger partial charge in [0, 0.05) is 24.7 Å². The number of urea groups is 2. The number of halogens is 1. The SMILES string of the molecule is O=C1NCCN1C(=O)NCc1ccc(Cl)cc1. The second kappa shape index (κ2) is 5.05. The van der Waals surface area contributed by atoms with E-state index in [1.54, 1.807) is 12.1 Å². The van der Waals surface area contributed by atoms with E-state index in [4.69, 9.17) is 11.6 Å². The molecule has 17 heavy (non-hydrogen) atoms. The summed E-state index contributed by atoms with van der Waals surface area (Å²) in [5.41, 5.74) is 0.933. The lowest BCUT2D eigenvalue weighted by Crippen LogP contribution is -2.41. The number of carbonyl (C=O) groups is 2. The van der Waals surface area contributed by atoms with Crippen molar-refractivity contribution in [2.75, 3.05) is 13.1 Å². The van der Waals surface area contributed by atoms with Gasteiger partial charge in [0.05, 0.1) is 0 Å². The molecule has 1 aliphatic rings. The topological polar surface area (TPSA) is 61.4 Å². The quantitative estimate of drug-likeness (QED) is 0.841. The fourth-order valence-electron chi connectivity index (χ4n) is 1.54. The van der Waals surface area contributed by atoms with Crippen molar-refractivity contribution in [3.05, 3.63) is 34.9 Å². The van der Waals surface area contributed by atoms with Gasteiger partial charge in [-0.1, -0.05) is 23.7 Å². The lowest BCUT2D eigenvalue weighted by Gasteiger charge is -2.13. The van der Waals surface area contributed by atoms with Gasteiger partial charge < -0.3 is 10.6 Å². The van der Waals surface area contributed by atoms with Gasteiger partial charge in [-0.3, -0.25) is 0 Å². The highest BCUT2D eigenvalue weighted by atomic mass is 35.5. The number of amides is 4. The first-order chi connectivity index (χ1) is 8.16. The van der Waals surface area contributed by atoms with Gasteiger partial charge in [0.2, 0.25) is 0 Å². The summed E-state index contributed by atoms with van der Waals surface area (Å²) in [6.45, 7) is 1.29. The van der Waals surface area contributed by atoms with Gasteiger partial charge in [-0.15, -0.1) is 0 Å². The molecule has 1 aromatic rings. The standard InChI is InChI=1S/C11H12ClN3O2/c12-9-3-1-8(2-4-9)7-14-11(17)15-6-5-13-10(15)16/h1-4H,5-7H2,(H,13,16)(H,14,17). The Kier molecular flexibility index (Phi) is 3.49. The Morgan fingerprint density at radius 3 is 2.71 bits per heavy atom. The number of rotatable bonds is 2. The molecule has 1 saturated heterocycles. The van der Waals surface area contributed by atoms with Crippen LogP contribution in [0.4, 0.5) is 9.59 Å². The molecule has 1 heterocycles. The van der Waals surface area contributed by atoms with Crippen molar-refractivity contribution in [2.24, 2.45) is 0 Å². The van der Waals surface area contributed by atoms with E-state index in [-0.39, 0.29) is 12.1 Å². The van der Waals surface area contributed by atoms with Crippen LogP contribution in [0.15, 0.2) is 24.3 Å². The second-order valence-electron chi connectivity index (χ2n) is 3.67. The van der Waals surface area contributed by atoms with Crippen LogP contribution in [0.5, 0.6) is 0 Å². The van der Waals surface area contributed by atoms with E-state index < -0.39 is 0 Å². The molecule has 0 radical (unpaired) electrons. The molecule has 0 spiro atoms. The molecule has 1 aromatic carbocycles. The summed E-state index contributed by atoms with van der Waals surface area (Å²) in [5.74, 6) is 0. The smallest absolute Gasteiger partial charge is 0.325 e. The first kappa shape index (κ1) is 11.7. The van der Waals surface area contributed by atoms with Crippen molar-refractivity contribution >= 4 is 23.7 Å². The maximum Gasteiger partial charge on any atom is 0.325 e. The third-order valence-electron chi connectivity index (χ3n) is 2.46. The average Bonchev–Trinajstić information content (AvgIpc) is 2.74. The molecule has 0 aromatic heterocycles. The molecule has 2 N–H and O–H groups in total. The molecule has 1 fully saturated rings. The van der Waals surface area contributed by atoms with Crippen molar-refractivity contribution in [3.8, 4) is 0 Å². The minimum Gasteiger partial charge on any atom is -0.336 e. The zero-order valence-electron chi connectivity index (χ0n) is 9.07. The zero-order valence-corrected chi connectivity index (χ0v) is 9.83. The lowest BCUT2D eigenvalue weighted by molar-refractivity contribution is 0.198. The first-order valence-corrected chi connectivity index (χ1v) is 5.62. The fourth-order valence-corrected chi connectivity index (χ4v) is 1.67. The number of hydrogen-bond acceptors (Lipinski definition) is 2. The van der Waals surface area contributed by atoms with Gasteiger partial charge in [-0.05, 0) is 17.7 Å². The van der Waals surface area contributed by atoms with Gasteiger partial charge in [0.1, 0.15) is 0 Å². The summed E-state index contributed by atoms with van der Waals surface area (Å²) in [4.78, 5) is 24.0. The van der Waals surface area contributed by atoms with E-state index in [0.29, 0.717) is 24.7 Å². The minimum absolute atomic E-state index is 0.349. The van der Waals surface area contributed by atoms with E-state index >= 15 is 0 Å². The van der Waals surface area contributed by atoms with Crippen LogP contribution in [-0.4, -0.2) is 30.1 Å². The van der Waals surface area contributed by atoms with E-state index in [0.717, 1.165) is 10.5 Å². The van der Waals surface area contributed by atoms with Crippen LogP contribution in [0.2, 0.25) is 5.02 Å². The third kappa shape index (κ3) is 2.88. The Morgan fingerprint density at radius 1 is 1.41 bits per heavy atom. The molecule has 5 nitrogen and oxygen atoms in total. The van der Waals surface area contributed by atoms with Crippen molar-refractivity contribution in [3.63, 3.8) is 0 Å². The summed E-state index contributed by atoms with van der Waals surface area (Å²) in [5, 5.41) is 5.89. The largest absolute Gasteiger partial charge is 0.336 e. The third-order valence-corrected chi connectivity index (χ3v) is 2.71. The fraction of sp³-hybridized carbons (Fsp3) is 0.273. The molecule has 2 rings (SSSR count). The summed E-state index contributed by atoms with van der Waals surface area (Å²) >= 11 is 5.75. The first-order valence-electron chi connectivity index (χ1n) is 5.24. The maximum absolute atomic E-state index is 11.6. The van der Waals surface area contributed by atoms with Crippen LogP contribution < -0.4 is 10.6 Å². The number of nitrogens with zero attached hydrogens (tertiary/aromatic N) is 1. The molecular weight excluding hydrogens is 242 g/mol. The van der Waals surface area contributed by atoms with Gasteiger partial charge in [-0.25, -0.2) is 14.5 Å². The van der Waals surface area contributed by atoms with Crippen molar-refractivity contribution in [2.45, 2.75) is 6.54 Å². The number of carbonyl (C=O) groups excluding carboxylic acids is 2.